The smallest absolute Gasteiger partial charge is 0.196 e. The Balaban J connectivity index is 3.06. The van der Waals surface area contributed by atoms with Crippen molar-refractivity contribution >= 4 is 0 Å². The quantitative estimate of drug-likeness (QED) is 0.550. The SMILES string of the molecule is CCCCC(O)(O)C(O)(CCO)c1ccccc1. The molecule has 0 aliphatic carbocycles. The average molecular weight is 254 g/mol. The van der Waals surface area contributed by atoms with E-state index < -0.39 is 11.4 Å². The molecule has 1 rings (SSSR count). The van der Waals surface area contributed by atoms with Crippen LogP contribution in [-0.4, -0.2) is 32.8 Å². The minimum absolute atomic E-state index is 0.0644. The van der Waals surface area contributed by atoms with Crippen LogP contribution < -0.4 is 0 Å². The topological polar surface area (TPSA) is 80.9 Å². The Bertz CT molecular complexity index is 350. The Hall–Kier alpha value is -0.940. The van der Waals surface area contributed by atoms with Gasteiger partial charge >= 0.3 is 0 Å². The molecule has 0 aliphatic heterocycles. The van der Waals surface area contributed by atoms with E-state index in [1.165, 1.54) is 0 Å². The first-order valence-corrected chi connectivity index (χ1v) is 6.31. The lowest BCUT2D eigenvalue weighted by molar-refractivity contribution is -0.289. The van der Waals surface area contributed by atoms with Crippen LogP contribution in [0.2, 0.25) is 0 Å². The molecule has 0 spiro atoms. The van der Waals surface area contributed by atoms with Crippen LogP contribution in [0.25, 0.3) is 0 Å². The average Bonchev–Trinajstić information content (AvgIpc) is 2.37. The molecular formula is C14H22O4. The van der Waals surface area contributed by atoms with Crippen LogP contribution in [0.4, 0.5) is 0 Å². The van der Waals surface area contributed by atoms with Gasteiger partial charge in [-0.15, -0.1) is 0 Å². The Morgan fingerprint density at radius 3 is 2.11 bits per heavy atom. The van der Waals surface area contributed by atoms with E-state index in [0.717, 1.165) is 6.42 Å². The third-order valence-corrected chi connectivity index (χ3v) is 3.27. The molecule has 0 aromatic heterocycles. The Labute approximate surface area is 108 Å². The van der Waals surface area contributed by atoms with Crippen LogP contribution >= 0.6 is 0 Å². The van der Waals surface area contributed by atoms with Crippen molar-refractivity contribution in [3.63, 3.8) is 0 Å². The Kier molecular flexibility index (Phi) is 5.28. The molecular weight excluding hydrogens is 232 g/mol. The van der Waals surface area contributed by atoms with Crippen molar-refractivity contribution in [3.05, 3.63) is 35.9 Å². The summed E-state index contributed by atoms with van der Waals surface area (Å²) in [6.45, 7) is 1.62. The first-order valence-electron chi connectivity index (χ1n) is 6.31. The molecule has 1 unspecified atom stereocenters. The fourth-order valence-electron chi connectivity index (χ4n) is 2.08. The lowest BCUT2D eigenvalue weighted by Gasteiger charge is -2.40. The van der Waals surface area contributed by atoms with E-state index in [1.54, 1.807) is 30.3 Å². The second kappa shape index (κ2) is 6.29. The first kappa shape index (κ1) is 15.1. The summed E-state index contributed by atoms with van der Waals surface area (Å²) in [7, 11) is 0. The summed E-state index contributed by atoms with van der Waals surface area (Å²) in [5, 5.41) is 39.9. The van der Waals surface area contributed by atoms with Crippen LogP contribution in [0.3, 0.4) is 0 Å². The number of aliphatic hydroxyl groups excluding tert-OH is 1. The van der Waals surface area contributed by atoms with Gasteiger partial charge in [0.1, 0.15) is 5.60 Å². The normalized spacial score (nSPS) is 15.4. The molecule has 0 amide bonds. The second-order valence-electron chi connectivity index (χ2n) is 4.62. The third-order valence-electron chi connectivity index (χ3n) is 3.27. The van der Waals surface area contributed by atoms with E-state index in [1.807, 2.05) is 6.92 Å². The maximum atomic E-state index is 10.6. The van der Waals surface area contributed by atoms with E-state index in [4.69, 9.17) is 5.11 Å². The standard InChI is InChI=1S/C14H22O4/c1-2-3-9-14(17,18)13(16,10-11-15)12-7-5-4-6-8-12/h4-8,15-18H,2-3,9-11H2,1H3. The van der Waals surface area contributed by atoms with Gasteiger partial charge in [-0.3, -0.25) is 0 Å². The minimum Gasteiger partial charge on any atom is -0.396 e. The summed E-state index contributed by atoms with van der Waals surface area (Å²) in [6.07, 6.45) is 1.34. The predicted octanol–water partition coefficient (Wildman–Crippen LogP) is 1.13. The zero-order chi connectivity index (χ0) is 13.6. The highest BCUT2D eigenvalue weighted by atomic mass is 16.5. The highest BCUT2D eigenvalue weighted by Crippen LogP contribution is 2.37. The van der Waals surface area contributed by atoms with Crippen molar-refractivity contribution in [2.75, 3.05) is 6.61 Å². The van der Waals surface area contributed by atoms with Crippen molar-refractivity contribution in [2.45, 2.75) is 44.0 Å². The molecule has 0 bridgehead atoms. The molecule has 1 aromatic carbocycles. The number of unbranched alkanes of at least 4 members (excludes halogenated alkanes) is 1. The zero-order valence-electron chi connectivity index (χ0n) is 10.7. The summed E-state index contributed by atoms with van der Waals surface area (Å²) in [5.41, 5.74) is -1.45. The molecule has 4 nitrogen and oxygen atoms in total. The van der Waals surface area contributed by atoms with E-state index in [0.29, 0.717) is 12.0 Å². The van der Waals surface area contributed by atoms with Crippen molar-refractivity contribution in [2.24, 2.45) is 0 Å². The van der Waals surface area contributed by atoms with Crippen LogP contribution in [0.1, 0.15) is 38.2 Å². The second-order valence-corrected chi connectivity index (χ2v) is 4.62. The van der Waals surface area contributed by atoms with Gasteiger partial charge in [-0.2, -0.15) is 0 Å². The number of hydrogen-bond acceptors (Lipinski definition) is 4. The summed E-state index contributed by atoms with van der Waals surface area (Å²) >= 11 is 0. The molecule has 0 saturated carbocycles. The zero-order valence-corrected chi connectivity index (χ0v) is 10.7. The molecule has 102 valence electrons. The molecule has 0 fully saturated rings. The summed E-state index contributed by atoms with van der Waals surface area (Å²) in [4.78, 5) is 0. The number of hydrogen-bond donors (Lipinski definition) is 4. The van der Waals surface area contributed by atoms with Gasteiger partial charge in [0, 0.05) is 19.4 Å². The molecule has 0 heterocycles. The minimum atomic E-state index is -2.24. The van der Waals surface area contributed by atoms with E-state index in [-0.39, 0.29) is 19.4 Å². The van der Waals surface area contributed by atoms with Crippen LogP contribution in [-0.2, 0) is 5.60 Å². The van der Waals surface area contributed by atoms with Crippen LogP contribution in [0.15, 0.2) is 30.3 Å². The first-order chi connectivity index (χ1) is 8.48. The van der Waals surface area contributed by atoms with Gasteiger partial charge in [-0.25, -0.2) is 0 Å². The lowest BCUT2D eigenvalue weighted by Crippen LogP contribution is -2.52. The van der Waals surface area contributed by atoms with Gasteiger partial charge in [-0.05, 0) is 12.0 Å². The van der Waals surface area contributed by atoms with Gasteiger partial charge in [0.15, 0.2) is 5.79 Å². The molecule has 18 heavy (non-hydrogen) atoms. The molecule has 4 heteroatoms. The van der Waals surface area contributed by atoms with Crippen molar-refractivity contribution in [1.82, 2.24) is 0 Å². The predicted molar refractivity (Wildman–Crippen MR) is 68.7 cm³/mol. The number of aliphatic hydroxyl groups is 4. The monoisotopic (exact) mass is 254 g/mol. The Morgan fingerprint density at radius 1 is 1.00 bits per heavy atom. The van der Waals surface area contributed by atoms with Crippen molar-refractivity contribution in [3.8, 4) is 0 Å². The molecule has 0 aliphatic rings. The molecule has 1 aromatic rings. The molecule has 1 atom stereocenters. The fraction of sp³-hybridized carbons (Fsp3) is 0.571. The van der Waals surface area contributed by atoms with Crippen LogP contribution in [0.5, 0.6) is 0 Å². The lowest BCUT2D eigenvalue weighted by atomic mass is 9.80. The van der Waals surface area contributed by atoms with Crippen LogP contribution in [0, 0.1) is 0 Å². The van der Waals surface area contributed by atoms with Gasteiger partial charge in [-0.1, -0.05) is 43.7 Å². The molecule has 0 radical (unpaired) electrons. The summed E-state index contributed by atoms with van der Waals surface area (Å²) in [5.74, 6) is -2.24. The van der Waals surface area contributed by atoms with Gasteiger partial charge < -0.3 is 20.4 Å². The molecule has 4 N–H and O–H groups in total. The highest BCUT2D eigenvalue weighted by Gasteiger charge is 2.48. The maximum Gasteiger partial charge on any atom is 0.196 e. The van der Waals surface area contributed by atoms with Crippen molar-refractivity contribution < 1.29 is 20.4 Å². The third kappa shape index (κ3) is 3.09. The van der Waals surface area contributed by atoms with Crippen molar-refractivity contribution in [1.29, 1.82) is 0 Å². The van der Waals surface area contributed by atoms with E-state index >= 15 is 0 Å². The maximum absolute atomic E-state index is 10.6. The largest absolute Gasteiger partial charge is 0.396 e. The number of benzene rings is 1. The summed E-state index contributed by atoms with van der Waals surface area (Å²) < 4.78 is 0. The molecule has 0 saturated heterocycles. The van der Waals surface area contributed by atoms with Gasteiger partial charge in [0.05, 0.1) is 0 Å². The van der Waals surface area contributed by atoms with E-state index in [9.17, 15) is 15.3 Å². The fourth-order valence-corrected chi connectivity index (χ4v) is 2.08. The Morgan fingerprint density at radius 2 is 1.61 bits per heavy atom. The van der Waals surface area contributed by atoms with E-state index in [2.05, 4.69) is 0 Å². The number of rotatable bonds is 7. The van der Waals surface area contributed by atoms with Gasteiger partial charge in [0.2, 0.25) is 0 Å². The van der Waals surface area contributed by atoms with Gasteiger partial charge in [0.25, 0.3) is 0 Å². The highest BCUT2D eigenvalue weighted by molar-refractivity contribution is 5.25. The summed E-state index contributed by atoms with van der Waals surface area (Å²) in [6, 6.07) is 8.47.